The zero-order chi connectivity index (χ0) is 24.6. The van der Waals surface area contributed by atoms with Crippen LogP contribution in [-0.2, 0) is 0 Å². The number of thiophene rings is 1. The first-order valence-corrected chi connectivity index (χ1v) is 12.4. The first-order valence-electron chi connectivity index (χ1n) is 11.6. The molecule has 0 saturated carbocycles. The third-order valence-corrected chi connectivity index (χ3v) is 8.35. The zero-order valence-corrected chi connectivity index (χ0v) is 20.2. The molecule has 0 unspecified atom stereocenters. The van der Waals surface area contributed by atoms with Crippen molar-refractivity contribution in [1.29, 1.82) is 0 Å². The summed E-state index contributed by atoms with van der Waals surface area (Å²) < 4.78 is 34.0. The molecule has 180 valence electrons. The second-order valence-corrected chi connectivity index (χ2v) is 10.3. The molecule has 0 radical (unpaired) electrons. The molecule has 5 rings (SSSR count). The van der Waals surface area contributed by atoms with Crippen LogP contribution in [0.1, 0.15) is 28.9 Å². The number of benzene rings is 2. The summed E-state index contributed by atoms with van der Waals surface area (Å²) in [7, 11) is 1.40. The van der Waals surface area contributed by atoms with Crippen LogP contribution < -0.4 is 10.1 Å². The molecular formula is C27H25F2N3O2S. The van der Waals surface area contributed by atoms with Gasteiger partial charge in [0.1, 0.15) is 5.82 Å². The van der Waals surface area contributed by atoms with Gasteiger partial charge in [-0.2, -0.15) is 0 Å². The number of nitrogens with zero attached hydrogens (tertiary/aromatic N) is 2. The fraction of sp³-hybridized carbons (Fsp3) is 0.333. The van der Waals surface area contributed by atoms with Crippen LogP contribution in [0.3, 0.4) is 0 Å². The number of piperidine rings is 1. The number of halogens is 2. The van der Waals surface area contributed by atoms with Crippen molar-refractivity contribution in [3.8, 4) is 27.3 Å². The normalized spacial score (nSPS) is 16.9. The van der Waals surface area contributed by atoms with E-state index in [1.165, 1.54) is 42.7 Å². The average molecular weight is 494 g/mol. The number of amides is 1. The Balaban J connectivity index is 1.51. The van der Waals surface area contributed by atoms with Gasteiger partial charge in [-0.3, -0.25) is 4.79 Å². The van der Waals surface area contributed by atoms with E-state index in [4.69, 9.17) is 11.3 Å². The van der Waals surface area contributed by atoms with Crippen LogP contribution in [0, 0.1) is 23.6 Å². The summed E-state index contributed by atoms with van der Waals surface area (Å²) in [5, 5.41) is 3.44. The molecule has 0 bridgehead atoms. The van der Waals surface area contributed by atoms with Crippen LogP contribution in [0.4, 0.5) is 14.5 Å². The van der Waals surface area contributed by atoms with Gasteiger partial charge >= 0.3 is 0 Å². The minimum Gasteiger partial charge on any atom is -0.494 e. The summed E-state index contributed by atoms with van der Waals surface area (Å²) in [4.78, 5) is 19.8. The van der Waals surface area contributed by atoms with Gasteiger partial charge in [0.15, 0.2) is 11.6 Å². The van der Waals surface area contributed by atoms with Crippen LogP contribution in [0.2, 0.25) is 0 Å². The van der Waals surface area contributed by atoms with Gasteiger partial charge in [-0.05, 0) is 72.7 Å². The molecular weight excluding hydrogens is 468 g/mol. The Morgan fingerprint density at radius 2 is 1.83 bits per heavy atom. The number of carbonyl (C=O) groups is 1. The number of hydrogen-bond acceptors (Lipinski definition) is 4. The molecule has 2 aromatic carbocycles. The molecule has 0 atom stereocenters. The van der Waals surface area contributed by atoms with Gasteiger partial charge in [-0.15, -0.1) is 11.3 Å². The summed E-state index contributed by atoms with van der Waals surface area (Å²) in [6, 6.07) is 10.8. The Morgan fingerprint density at radius 3 is 2.46 bits per heavy atom. The number of methoxy groups -OCH3 is 1. The highest BCUT2D eigenvalue weighted by molar-refractivity contribution is 7.18. The van der Waals surface area contributed by atoms with E-state index in [0.29, 0.717) is 44.9 Å². The van der Waals surface area contributed by atoms with Crippen LogP contribution in [0.5, 0.6) is 5.75 Å². The van der Waals surface area contributed by atoms with Gasteiger partial charge in [0.25, 0.3) is 5.91 Å². The van der Waals surface area contributed by atoms with Gasteiger partial charge < -0.3 is 15.0 Å². The maximum Gasteiger partial charge on any atom is 0.263 e. The lowest BCUT2D eigenvalue weighted by atomic mass is 9.78. The molecule has 2 aliphatic heterocycles. The second kappa shape index (κ2) is 9.40. The Bertz CT molecular complexity index is 1310. The quantitative estimate of drug-likeness (QED) is 0.445. The number of likely N-dealkylation sites (tertiary alicyclic amines) is 1. The van der Waals surface area contributed by atoms with Crippen molar-refractivity contribution in [2.45, 2.75) is 19.3 Å². The summed E-state index contributed by atoms with van der Waals surface area (Å²) in [5.74, 6) is -1.08. The smallest absolute Gasteiger partial charge is 0.263 e. The molecule has 3 heterocycles. The van der Waals surface area contributed by atoms with Crippen LogP contribution >= 0.6 is 11.3 Å². The molecule has 2 fully saturated rings. The fourth-order valence-corrected chi connectivity index (χ4v) is 6.20. The molecule has 1 amide bonds. The Labute approximate surface area is 207 Å². The van der Waals surface area contributed by atoms with Gasteiger partial charge in [0.2, 0.25) is 5.69 Å². The summed E-state index contributed by atoms with van der Waals surface area (Å²) in [6.07, 6.45) is 3.10. The highest BCUT2D eigenvalue weighted by atomic mass is 32.1. The van der Waals surface area contributed by atoms with Crippen molar-refractivity contribution < 1.29 is 18.3 Å². The van der Waals surface area contributed by atoms with E-state index in [-0.39, 0.29) is 17.3 Å². The summed E-state index contributed by atoms with van der Waals surface area (Å²) >= 11 is 1.28. The molecule has 35 heavy (non-hydrogen) atoms. The van der Waals surface area contributed by atoms with Crippen molar-refractivity contribution in [2.24, 2.45) is 5.41 Å². The third kappa shape index (κ3) is 4.42. The topological polar surface area (TPSA) is 45.9 Å². The minimum absolute atomic E-state index is 0.0597. The second-order valence-electron chi connectivity index (χ2n) is 9.20. The molecule has 1 aromatic heterocycles. The maximum absolute atomic E-state index is 14.5. The first kappa shape index (κ1) is 23.5. The number of ether oxygens (including phenoxy) is 1. The summed E-state index contributed by atoms with van der Waals surface area (Å²) in [6.45, 7) is 10.6. The van der Waals surface area contributed by atoms with E-state index in [1.807, 2.05) is 4.90 Å². The van der Waals surface area contributed by atoms with Crippen molar-refractivity contribution >= 4 is 22.9 Å². The van der Waals surface area contributed by atoms with Crippen molar-refractivity contribution in [1.82, 2.24) is 10.2 Å². The van der Waals surface area contributed by atoms with E-state index in [0.717, 1.165) is 32.4 Å². The van der Waals surface area contributed by atoms with Gasteiger partial charge in [-0.25, -0.2) is 13.6 Å². The monoisotopic (exact) mass is 493 g/mol. The van der Waals surface area contributed by atoms with E-state index in [9.17, 15) is 13.6 Å². The Morgan fingerprint density at radius 1 is 1.09 bits per heavy atom. The van der Waals surface area contributed by atoms with Crippen molar-refractivity contribution in [3.63, 3.8) is 0 Å². The average Bonchev–Trinajstić information content (AvgIpc) is 3.52. The molecule has 3 aromatic rings. The van der Waals surface area contributed by atoms with E-state index in [1.54, 1.807) is 18.2 Å². The molecule has 2 saturated heterocycles. The zero-order valence-electron chi connectivity index (χ0n) is 19.4. The number of nitrogens with one attached hydrogen (secondary N) is 1. The predicted octanol–water partition coefficient (Wildman–Crippen LogP) is 6.14. The van der Waals surface area contributed by atoms with Crippen molar-refractivity contribution in [2.75, 3.05) is 33.3 Å². The van der Waals surface area contributed by atoms with Crippen molar-refractivity contribution in [3.05, 3.63) is 70.4 Å². The lowest BCUT2D eigenvalue weighted by Crippen LogP contribution is -2.43. The van der Waals surface area contributed by atoms with Crippen LogP contribution in [-0.4, -0.2) is 44.1 Å². The van der Waals surface area contributed by atoms with E-state index < -0.39 is 11.6 Å². The highest BCUT2D eigenvalue weighted by Gasteiger charge is 2.38. The standard InChI is InChI=1S/C27H25F2N3O2S/c1-30-22-5-3-17(13-20(22)28)19-15-24(35-25(19)18-4-6-23(34-2)21(29)14-18)26(33)32-11-8-27(9-12-32)7-10-31-16-27/h3-6,13-15,31H,7-12,16H2,2H3. The van der Waals surface area contributed by atoms with Crippen LogP contribution in [0.25, 0.3) is 26.4 Å². The van der Waals surface area contributed by atoms with Gasteiger partial charge in [-0.1, -0.05) is 12.1 Å². The molecule has 2 aliphatic rings. The molecule has 0 aliphatic carbocycles. The minimum atomic E-state index is -0.630. The molecule has 1 spiro atoms. The molecule has 1 N–H and O–H groups in total. The number of hydrogen-bond donors (Lipinski definition) is 1. The van der Waals surface area contributed by atoms with E-state index >= 15 is 0 Å². The van der Waals surface area contributed by atoms with Crippen LogP contribution in [0.15, 0.2) is 42.5 Å². The Kier molecular flexibility index (Phi) is 6.30. The largest absolute Gasteiger partial charge is 0.494 e. The third-order valence-electron chi connectivity index (χ3n) is 7.18. The first-order chi connectivity index (χ1) is 16.9. The van der Waals surface area contributed by atoms with Gasteiger partial charge in [0, 0.05) is 30.1 Å². The fourth-order valence-electron chi connectivity index (χ4n) is 5.06. The number of rotatable bonds is 4. The predicted molar refractivity (Wildman–Crippen MR) is 133 cm³/mol. The van der Waals surface area contributed by atoms with Gasteiger partial charge in [0.05, 0.1) is 18.6 Å². The number of carbonyl (C=O) groups excluding carboxylic acids is 1. The lowest BCUT2D eigenvalue weighted by molar-refractivity contribution is 0.0612. The molecule has 5 nitrogen and oxygen atoms in total. The molecule has 8 heteroatoms. The maximum atomic E-state index is 14.5. The SMILES string of the molecule is [C-]#[N+]c1ccc(-c2cc(C(=O)N3CCC4(CCNC4)CC3)sc2-c2ccc(OC)c(F)c2)cc1F. The highest BCUT2D eigenvalue weighted by Crippen LogP contribution is 2.43. The lowest BCUT2D eigenvalue weighted by Gasteiger charge is -2.38. The Hall–Kier alpha value is -3.28. The van der Waals surface area contributed by atoms with E-state index in [2.05, 4.69) is 10.2 Å². The summed E-state index contributed by atoms with van der Waals surface area (Å²) in [5.41, 5.74) is 1.97.